The third kappa shape index (κ3) is 2.13. The first-order chi connectivity index (χ1) is 5.77. The Morgan fingerprint density at radius 2 is 2.31 bits per heavy atom. The SMILES string of the molecule is Cl.O=C(O)[C@H]1CN2CCC[C@H]2CO1. The highest BCUT2D eigenvalue weighted by Crippen LogP contribution is 2.22. The lowest BCUT2D eigenvalue weighted by atomic mass is 10.2. The maximum absolute atomic E-state index is 10.6. The highest BCUT2D eigenvalue weighted by Gasteiger charge is 2.34. The molecule has 0 aromatic heterocycles. The van der Waals surface area contributed by atoms with Crippen LogP contribution in [0.25, 0.3) is 0 Å². The van der Waals surface area contributed by atoms with E-state index >= 15 is 0 Å². The summed E-state index contributed by atoms with van der Waals surface area (Å²) >= 11 is 0. The predicted octanol–water partition coefficient (Wildman–Crippen LogP) is 0.356. The molecule has 0 aliphatic carbocycles. The van der Waals surface area contributed by atoms with Gasteiger partial charge in [-0.15, -0.1) is 12.4 Å². The number of ether oxygens (including phenoxy) is 1. The van der Waals surface area contributed by atoms with Gasteiger partial charge in [-0.1, -0.05) is 0 Å². The molecule has 2 aliphatic heterocycles. The Morgan fingerprint density at radius 3 is 3.00 bits per heavy atom. The van der Waals surface area contributed by atoms with Crippen LogP contribution < -0.4 is 0 Å². The lowest BCUT2D eigenvalue weighted by Crippen LogP contribution is -2.48. The van der Waals surface area contributed by atoms with E-state index in [1.807, 2.05) is 0 Å². The molecule has 0 saturated carbocycles. The summed E-state index contributed by atoms with van der Waals surface area (Å²) in [5, 5.41) is 8.71. The molecule has 0 bridgehead atoms. The van der Waals surface area contributed by atoms with Crippen molar-refractivity contribution in [3.8, 4) is 0 Å². The van der Waals surface area contributed by atoms with Crippen LogP contribution in [0.5, 0.6) is 0 Å². The van der Waals surface area contributed by atoms with Gasteiger partial charge in [0.25, 0.3) is 0 Å². The summed E-state index contributed by atoms with van der Waals surface area (Å²) in [7, 11) is 0. The van der Waals surface area contributed by atoms with E-state index in [1.165, 1.54) is 6.42 Å². The molecule has 4 nitrogen and oxygen atoms in total. The summed E-state index contributed by atoms with van der Waals surface area (Å²) in [6.07, 6.45) is 1.74. The van der Waals surface area contributed by atoms with Crippen LogP contribution in [0, 0.1) is 0 Å². The van der Waals surface area contributed by atoms with E-state index in [0.717, 1.165) is 13.0 Å². The second-order valence-electron chi connectivity index (χ2n) is 3.45. The molecule has 0 aromatic carbocycles. The van der Waals surface area contributed by atoms with Crippen molar-refractivity contribution in [2.24, 2.45) is 0 Å². The number of aliphatic carboxylic acids is 1. The Labute approximate surface area is 83.3 Å². The van der Waals surface area contributed by atoms with Gasteiger partial charge < -0.3 is 9.84 Å². The third-order valence-electron chi connectivity index (χ3n) is 2.66. The van der Waals surface area contributed by atoms with Crippen LogP contribution in [0.3, 0.4) is 0 Å². The van der Waals surface area contributed by atoms with Crippen LogP contribution in [-0.2, 0) is 9.53 Å². The Balaban J connectivity index is 0.000000845. The number of carbonyl (C=O) groups is 1. The van der Waals surface area contributed by atoms with Gasteiger partial charge in [-0.25, -0.2) is 4.79 Å². The smallest absolute Gasteiger partial charge is 0.334 e. The standard InChI is InChI=1S/C8H13NO3.ClH/c10-8(11)7-4-9-3-1-2-6(9)5-12-7;/h6-7H,1-5H2,(H,10,11);1H/t6-,7+;/m0./s1. The van der Waals surface area contributed by atoms with Crippen molar-refractivity contribution in [3.05, 3.63) is 0 Å². The highest BCUT2D eigenvalue weighted by molar-refractivity contribution is 5.85. The van der Waals surface area contributed by atoms with Gasteiger partial charge in [-0.05, 0) is 19.4 Å². The molecule has 5 heteroatoms. The lowest BCUT2D eigenvalue weighted by molar-refractivity contribution is -0.158. The van der Waals surface area contributed by atoms with Gasteiger partial charge in [-0.2, -0.15) is 0 Å². The molecule has 2 atom stereocenters. The van der Waals surface area contributed by atoms with Crippen LogP contribution in [0.15, 0.2) is 0 Å². The maximum atomic E-state index is 10.6. The van der Waals surface area contributed by atoms with Crippen molar-refractivity contribution in [2.75, 3.05) is 19.7 Å². The average molecular weight is 208 g/mol. The minimum atomic E-state index is -0.833. The van der Waals surface area contributed by atoms with E-state index in [2.05, 4.69) is 4.90 Å². The number of nitrogens with zero attached hydrogens (tertiary/aromatic N) is 1. The summed E-state index contributed by atoms with van der Waals surface area (Å²) in [6.45, 7) is 2.20. The molecule has 0 unspecified atom stereocenters. The molecule has 2 heterocycles. The zero-order valence-corrected chi connectivity index (χ0v) is 8.13. The highest BCUT2D eigenvalue weighted by atomic mass is 35.5. The normalized spacial score (nSPS) is 33.5. The summed E-state index contributed by atoms with van der Waals surface area (Å²) in [6, 6.07) is 0.487. The Morgan fingerprint density at radius 1 is 1.54 bits per heavy atom. The van der Waals surface area contributed by atoms with Crippen LogP contribution in [-0.4, -0.2) is 47.8 Å². The van der Waals surface area contributed by atoms with E-state index in [9.17, 15) is 4.79 Å². The fourth-order valence-electron chi connectivity index (χ4n) is 1.97. The molecule has 76 valence electrons. The average Bonchev–Trinajstić information content (AvgIpc) is 2.49. The topological polar surface area (TPSA) is 49.8 Å². The van der Waals surface area contributed by atoms with Crippen molar-refractivity contribution >= 4 is 18.4 Å². The van der Waals surface area contributed by atoms with Crippen LogP contribution in [0.4, 0.5) is 0 Å². The zero-order valence-electron chi connectivity index (χ0n) is 7.31. The number of hydrogen-bond acceptors (Lipinski definition) is 3. The van der Waals surface area contributed by atoms with Gasteiger partial charge in [0.2, 0.25) is 0 Å². The van der Waals surface area contributed by atoms with Gasteiger partial charge in [0.1, 0.15) is 0 Å². The van der Waals surface area contributed by atoms with Crippen molar-refractivity contribution in [1.29, 1.82) is 0 Å². The second kappa shape index (κ2) is 4.26. The summed E-state index contributed by atoms with van der Waals surface area (Å²) in [5.74, 6) is -0.833. The quantitative estimate of drug-likeness (QED) is 0.675. The molecule has 2 aliphatic rings. The number of halogens is 1. The molecule has 0 amide bonds. The van der Waals surface area contributed by atoms with Crippen LogP contribution >= 0.6 is 12.4 Å². The first kappa shape index (κ1) is 10.8. The second-order valence-corrected chi connectivity index (χ2v) is 3.45. The number of rotatable bonds is 1. The van der Waals surface area contributed by atoms with Crippen LogP contribution in [0.1, 0.15) is 12.8 Å². The van der Waals surface area contributed by atoms with E-state index < -0.39 is 12.1 Å². The summed E-state index contributed by atoms with van der Waals surface area (Å²) in [4.78, 5) is 12.8. The number of fused-ring (bicyclic) bond motifs is 1. The largest absolute Gasteiger partial charge is 0.479 e. The van der Waals surface area contributed by atoms with Crippen molar-refractivity contribution in [3.63, 3.8) is 0 Å². The number of carboxylic acid groups (broad SMARTS) is 1. The van der Waals surface area contributed by atoms with Crippen molar-refractivity contribution < 1.29 is 14.6 Å². The zero-order chi connectivity index (χ0) is 8.55. The first-order valence-electron chi connectivity index (χ1n) is 4.36. The Bertz CT molecular complexity index is 200. The summed E-state index contributed by atoms with van der Waals surface area (Å²) in [5.41, 5.74) is 0. The molecule has 0 radical (unpaired) electrons. The summed E-state index contributed by atoms with van der Waals surface area (Å²) < 4.78 is 5.21. The van der Waals surface area contributed by atoms with Gasteiger partial charge in [-0.3, -0.25) is 4.90 Å². The van der Waals surface area contributed by atoms with E-state index in [0.29, 0.717) is 19.2 Å². The van der Waals surface area contributed by atoms with Gasteiger partial charge in [0.05, 0.1) is 6.61 Å². The van der Waals surface area contributed by atoms with Gasteiger partial charge >= 0.3 is 5.97 Å². The molecule has 2 rings (SSSR count). The molecule has 1 N–H and O–H groups in total. The van der Waals surface area contributed by atoms with E-state index in [4.69, 9.17) is 9.84 Å². The maximum Gasteiger partial charge on any atom is 0.334 e. The molecule has 2 saturated heterocycles. The fraction of sp³-hybridized carbons (Fsp3) is 0.875. The molecule has 2 fully saturated rings. The number of morpholine rings is 1. The molecule has 13 heavy (non-hydrogen) atoms. The number of hydrogen-bond donors (Lipinski definition) is 1. The number of carboxylic acids is 1. The van der Waals surface area contributed by atoms with Crippen LogP contribution in [0.2, 0.25) is 0 Å². The van der Waals surface area contributed by atoms with Crippen molar-refractivity contribution in [2.45, 2.75) is 25.0 Å². The third-order valence-corrected chi connectivity index (χ3v) is 2.66. The molecule has 0 spiro atoms. The molecular formula is C8H14ClNO3. The van der Waals surface area contributed by atoms with Gasteiger partial charge in [0.15, 0.2) is 6.10 Å². The van der Waals surface area contributed by atoms with Gasteiger partial charge in [0, 0.05) is 12.6 Å². The van der Waals surface area contributed by atoms with Crippen molar-refractivity contribution in [1.82, 2.24) is 4.90 Å². The van der Waals surface area contributed by atoms with E-state index in [1.54, 1.807) is 0 Å². The lowest BCUT2D eigenvalue weighted by Gasteiger charge is -2.32. The minimum absolute atomic E-state index is 0. The molecular weight excluding hydrogens is 194 g/mol. The molecule has 0 aromatic rings. The Kier molecular flexibility index (Phi) is 3.53. The van der Waals surface area contributed by atoms with E-state index in [-0.39, 0.29) is 12.4 Å². The minimum Gasteiger partial charge on any atom is -0.479 e. The monoisotopic (exact) mass is 207 g/mol. The fourth-order valence-corrected chi connectivity index (χ4v) is 1.97. The Hall–Kier alpha value is -0.320. The predicted molar refractivity (Wildman–Crippen MR) is 49.2 cm³/mol. The first-order valence-corrected chi connectivity index (χ1v) is 4.36.